The number of fused-ring (bicyclic) bond motifs is 3. The van der Waals surface area contributed by atoms with Crippen LogP contribution in [0.15, 0.2) is 42.5 Å². The van der Waals surface area contributed by atoms with E-state index < -0.39 is 0 Å². The molecule has 2 aromatic carbocycles. The van der Waals surface area contributed by atoms with Crippen molar-refractivity contribution in [1.29, 1.82) is 0 Å². The van der Waals surface area contributed by atoms with Gasteiger partial charge in [-0.25, -0.2) is 4.79 Å². The number of amides is 2. The molecule has 0 aliphatic carbocycles. The zero-order valence-electron chi connectivity index (χ0n) is 15.5. The van der Waals surface area contributed by atoms with Crippen LogP contribution in [-0.2, 0) is 11.3 Å². The van der Waals surface area contributed by atoms with Crippen LogP contribution in [-0.4, -0.2) is 43.2 Å². The smallest absolute Gasteiger partial charge is 0.414 e. The lowest BCUT2D eigenvalue weighted by Crippen LogP contribution is -2.42. The molecule has 0 bridgehead atoms. The van der Waals surface area contributed by atoms with Crippen molar-refractivity contribution >= 4 is 17.7 Å². The monoisotopic (exact) mass is 366 g/mol. The maximum absolute atomic E-state index is 13.1. The number of nitrogens with zero attached hydrogens (tertiary/aromatic N) is 2. The summed E-state index contributed by atoms with van der Waals surface area (Å²) in [7, 11) is 1.60. The summed E-state index contributed by atoms with van der Waals surface area (Å²) in [4.78, 5) is 28.9. The fraction of sp³-hybridized carbons (Fsp3) is 0.333. The van der Waals surface area contributed by atoms with Crippen molar-refractivity contribution in [3.8, 4) is 5.75 Å². The molecule has 2 heterocycles. The summed E-state index contributed by atoms with van der Waals surface area (Å²) in [6, 6.07) is 13.1. The van der Waals surface area contributed by atoms with Gasteiger partial charge in [0.2, 0.25) is 0 Å². The van der Waals surface area contributed by atoms with Gasteiger partial charge in [0.1, 0.15) is 12.4 Å². The number of cyclic esters (lactones) is 1. The summed E-state index contributed by atoms with van der Waals surface area (Å²) in [5.74, 6) is 0.695. The second-order valence-electron chi connectivity index (χ2n) is 6.98. The lowest BCUT2D eigenvalue weighted by molar-refractivity contribution is 0.0734. The molecule has 0 N–H and O–H groups in total. The van der Waals surface area contributed by atoms with Gasteiger partial charge in [0.05, 0.1) is 18.8 Å². The number of aryl methyl sites for hydroxylation is 1. The minimum absolute atomic E-state index is 0.0251. The maximum atomic E-state index is 13.1. The normalized spacial score (nSPS) is 18.9. The zero-order valence-corrected chi connectivity index (χ0v) is 15.5. The van der Waals surface area contributed by atoms with E-state index in [2.05, 4.69) is 0 Å². The van der Waals surface area contributed by atoms with Crippen LogP contribution in [0.4, 0.5) is 10.5 Å². The number of hydrogen-bond donors (Lipinski definition) is 0. The Morgan fingerprint density at radius 1 is 1.19 bits per heavy atom. The van der Waals surface area contributed by atoms with Gasteiger partial charge in [-0.1, -0.05) is 12.1 Å². The summed E-state index contributed by atoms with van der Waals surface area (Å²) < 4.78 is 10.5. The minimum Gasteiger partial charge on any atom is -0.497 e. The van der Waals surface area contributed by atoms with Crippen LogP contribution in [0.1, 0.15) is 27.9 Å². The summed E-state index contributed by atoms with van der Waals surface area (Å²) in [5, 5.41) is 0. The molecule has 1 fully saturated rings. The molecule has 2 aliphatic heterocycles. The van der Waals surface area contributed by atoms with Gasteiger partial charge < -0.3 is 14.4 Å². The molecular formula is C21H22N2O4. The van der Waals surface area contributed by atoms with Crippen LogP contribution in [0.5, 0.6) is 5.75 Å². The fourth-order valence-corrected chi connectivity index (χ4v) is 3.68. The third kappa shape index (κ3) is 3.23. The zero-order chi connectivity index (χ0) is 19.0. The Morgan fingerprint density at radius 2 is 1.96 bits per heavy atom. The van der Waals surface area contributed by atoms with E-state index in [0.29, 0.717) is 31.7 Å². The highest BCUT2D eigenvalue weighted by atomic mass is 16.6. The molecule has 1 saturated heterocycles. The molecule has 0 saturated carbocycles. The number of rotatable bonds is 2. The van der Waals surface area contributed by atoms with Crippen molar-refractivity contribution in [2.24, 2.45) is 0 Å². The van der Waals surface area contributed by atoms with E-state index in [4.69, 9.17) is 9.47 Å². The highest BCUT2D eigenvalue weighted by Crippen LogP contribution is 2.32. The second kappa shape index (κ2) is 6.95. The Bertz CT molecular complexity index is 878. The first-order valence-electron chi connectivity index (χ1n) is 9.05. The fourth-order valence-electron chi connectivity index (χ4n) is 3.68. The quantitative estimate of drug-likeness (QED) is 0.818. The van der Waals surface area contributed by atoms with Gasteiger partial charge in [-0.2, -0.15) is 0 Å². The molecule has 0 aromatic heterocycles. The van der Waals surface area contributed by atoms with E-state index in [9.17, 15) is 9.59 Å². The molecule has 2 aromatic rings. The van der Waals surface area contributed by atoms with E-state index in [1.54, 1.807) is 36.3 Å². The Labute approximate surface area is 158 Å². The predicted molar refractivity (Wildman–Crippen MR) is 101 cm³/mol. The number of methoxy groups -OCH3 is 1. The van der Waals surface area contributed by atoms with E-state index in [-0.39, 0.29) is 18.0 Å². The molecule has 1 unspecified atom stereocenters. The minimum atomic E-state index is -0.304. The van der Waals surface area contributed by atoms with Gasteiger partial charge >= 0.3 is 6.09 Å². The Kier molecular flexibility index (Phi) is 4.48. The SMILES string of the molecule is COc1ccc(C(=O)N2CCC3COC(=O)N3c3cc(C)ccc3C2)cc1. The molecule has 140 valence electrons. The Morgan fingerprint density at radius 3 is 2.70 bits per heavy atom. The Balaban J connectivity index is 1.67. The van der Waals surface area contributed by atoms with E-state index in [1.807, 2.05) is 30.0 Å². The van der Waals surface area contributed by atoms with Gasteiger partial charge in [0.25, 0.3) is 5.91 Å². The maximum Gasteiger partial charge on any atom is 0.414 e. The highest BCUT2D eigenvalue weighted by Gasteiger charge is 2.37. The standard InChI is InChI=1S/C21H22N2O4/c1-14-3-4-16-12-22(20(24)15-5-7-18(26-2)8-6-15)10-9-17-13-27-21(25)23(17)19(16)11-14/h3-8,11,17H,9-10,12-13H2,1-2H3. The first-order valence-corrected chi connectivity index (χ1v) is 9.05. The third-order valence-corrected chi connectivity index (χ3v) is 5.18. The molecule has 27 heavy (non-hydrogen) atoms. The summed E-state index contributed by atoms with van der Waals surface area (Å²) in [6.45, 7) is 3.37. The van der Waals surface area contributed by atoms with Crippen molar-refractivity contribution in [3.63, 3.8) is 0 Å². The van der Waals surface area contributed by atoms with Crippen LogP contribution >= 0.6 is 0 Å². The second-order valence-corrected chi connectivity index (χ2v) is 6.98. The van der Waals surface area contributed by atoms with E-state index in [0.717, 1.165) is 22.6 Å². The van der Waals surface area contributed by atoms with Crippen molar-refractivity contribution in [3.05, 3.63) is 59.2 Å². The van der Waals surface area contributed by atoms with Gasteiger partial charge in [-0.05, 0) is 54.8 Å². The lowest BCUT2D eigenvalue weighted by atomic mass is 10.0. The molecular weight excluding hydrogens is 344 g/mol. The first kappa shape index (κ1) is 17.4. The molecule has 0 radical (unpaired) electrons. The van der Waals surface area contributed by atoms with Gasteiger partial charge in [-0.3, -0.25) is 9.69 Å². The molecule has 2 amide bonds. The van der Waals surface area contributed by atoms with Crippen molar-refractivity contribution in [2.45, 2.75) is 25.9 Å². The molecule has 4 rings (SSSR count). The van der Waals surface area contributed by atoms with Crippen LogP contribution in [0, 0.1) is 6.92 Å². The van der Waals surface area contributed by atoms with Gasteiger partial charge in [0, 0.05) is 18.7 Å². The first-order chi connectivity index (χ1) is 13.1. The third-order valence-electron chi connectivity index (χ3n) is 5.18. The van der Waals surface area contributed by atoms with Gasteiger partial charge in [-0.15, -0.1) is 0 Å². The predicted octanol–water partition coefficient (Wildman–Crippen LogP) is 3.37. The summed E-state index contributed by atoms with van der Waals surface area (Å²) in [6.07, 6.45) is 0.378. The van der Waals surface area contributed by atoms with E-state index in [1.165, 1.54) is 0 Å². The van der Waals surface area contributed by atoms with Crippen molar-refractivity contribution < 1.29 is 19.1 Å². The molecule has 2 aliphatic rings. The van der Waals surface area contributed by atoms with Crippen LogP contribution in [0.3, 0.4) is 0 Å². The number of carbonyl (C=O) groups excluding carboxylic acids is 2. The van der Waals surface area contributed by atoms with Crippen LogP contribution < -0.4 is 9.64 Å². The molecule has 1 atom stereocenters. The van der Waals surface area contributed by atoms with Crippen molar-refractivity contribution in [2.75, 3.05) is 25.2 Å². The van der Waals surface area contributed by atoms with E-state index >= 15 is 0 Å². The average Bonchev–Trinajstić information content (AvgIpc) is 3.03. The number of ether oxygens (including phenoxy) is 2. The van der Waals surface area contributed by atoms with Crippen molar-refractivity contribution in [1.82, 2.24) is 4.90 Å². The Hall–Kier alpha value is -3.02. The number of carbonyl (C=O) groups is 2. The van der Waals surface area contributed by atoms with Gasteiger partial charge in [0.15, 0.2) is 0 Å². The highest BCUT2D eigenvalue weighted by molar-refractivity contribution is 5.95. The van der Waals surface area contributed by atoms with Crippen LogP contribution in [0.2, 0.25) is 0 Å². The molecule has 0 spiro atoms. The largest absolute Gasteiger partial charge is 0.497 e. The molecule has 6 nitrogen and oxygen atoms in total. The topological polar surface area (TPSA) is 59.1 Å². The lowest BCUT2D eigenvalue weighted by Gasteiger charge is -2.32. The molecule has 6 heteroatoms. The number of hydrogen-bond acceptors (Lipinski definition) is 4. The average molecular weight is 366 g/mol. The van der Waals surface area contributed by atoms with Crippen LogP contribution in [0.25, 0.3) is 0 Å². The summed E-state index contributed by atoms with van der Waals surface area (Å²) in [5.41, 5.74) is 3.49. The summed E-state index contributed by atoms with van der Waals surface area (Å²) >= 11 is 0. The number of benzene rings is 2. The number of anilines is 1.